The minimum Gasteiger partial charge on any atom is -0.484 e. The molecule has 0 radical (unpaired) electrons. The van der Waals surface area contributed by atoms with Gasteiger partial charge in [0.1, 0.15) is 5.75 Å². The van der Waals surface area contributed by atoms with E-state index < -0.39 is 10.0 Å². The molecule has 0 saturated heterocycles. The number of anilines is 1. The van der Waals surface area contributed by atoms with Gasteiger partial charge in [-0.05, 0) is 92.2 Å². The van der Waals surface area contributed by atoms with Gasteiger partial charge < -0.3 is 10.1 Å². The van der Waals surface area contributed by atoms with Crippen molar-refractivity contribution in [1.82, 2.24) is 5.32 Å². The molecule has 2 N–H and O–H groups in total. The van der Waals surface area contributed by atoms with Gasteiger partial charge in [-0.15, -0.1) is 11.8 Å². The average molecular weight is 485 g/mol. The van der Waals surface area contributed by atoms with Crippen molar-refractivity contribution in [2.24, 2.45) is 0 Å². The summed E-state index contributed by atoms with van der Waals surface area (Å²) in [5, 5.41) is 2.90. The molecule has 0 spiro atoms. The number of carbonyl (C=O) groups is 1. The second kappa shape index (κ2) is 10.8. The standard InChI is InChI=1S/C25H28N2O4S2/c1-17-13-18(2)15-21(14-17)27-33(29,30)24-11-7-22(8-12-24)31-16-25(28)26-19(3)20-5-9-23(32-4)10-6-20/h5-15,19,27H,16H2,1-4H3,(H,26,28)/t19-/m1/s1. The Balaban J connectivity index is 1.55. The van der Waals surface area contributed by atoms with Crippen molar-refractivity contribution in [2.75, 3.05) is 17.6 Å². The van der Waals surface area contributed by atoms with Gasteiger partial charge >= 0.3 is 0 Å². The van der Waals surface area contributed by atoms with E-state index in [-0.39, 0.29) is 23.5 Å². The average Bonchev–Trinajstić information content (AvgIpc) is 2.77. The van der Waals surface area contributed by atoms with Crippen molar-refractivity contribution in [1.29, 1.82) is 0 Å². The highest BCUT2D eigenvalue weighted by Crippen LogP contribution is 2.22. The first kappa shape index (κ1) is 24.7. The second-order valence-corrected chi connectivity index (χ2v) is 10.4. The Hall–Kier alpha value is -2.97. The molecule has 8 heteroatoms. The van der Waals surface area contributed by atoms with Gasteiger partial charge in [0.2, 0.25) is 0 Å². The molecule has 0 fully saturated rings. The first-order valence-corrected chi connectivity index (χ1v) is 13.1. The fourth-order valence-corrected chi connectivity index (χ4v) is 4.82. The zero-order valence-corrected chi connectivity index (χ0v) is 20.7. The maximum Gasteiger partial charge on any atom is 0.261 e. The van der Waals surface area contributed by atoms with E-state index in [1.807, 2.05) is 57.4 Å². The van der Waals surface area contributed by atoms with E-state index in [0.717, 1.165) is 21.6 Å². The van der Waals surface area contributed by atoms with Crippen LogP contribution in [0.3, 0.4) is 0 Å². The van der Waals surface area contributed by atoms with Gasteiger partial charge in [0.05, 0.1) is 10.9 Å². The van der Waals surface area contributed by atoms with Crippen LogP contribution >= 0.6 is 11.8 Å². The lowest BCUT2D eigenvalue weighted by Gasteiger charge is -2.15. The Morgan fingerprint density at radius 1 is 0.970 bits per heavy atom. The molecular weight excluding hydrogens is 456 g/mol. The van der Waals surface area contributed by atoms with Crippen LogP contribution in [-0.2, 0) is 14.8 Å². The molecule has 33 heavy (non-hydrogen) atoms. The van der Waals surface area contributed by atoms with E-state index in [9.17, 15) is 13.2 Å². The van der Waals surface area contributed by atoms with Crippen molar-refractivity contribution in [3.8, 4) is 5.75 Å². The van der Waals surface area contributed by atoms with E-state index in [0.29, 0.717) is 11.4 Å². The summed E-state index contributed by atoms with van der Waals surface area (Å²) in [5.74, 6) is 0.150. The lowest BCUT2D eigenvalue weighted by atomic mass is 10.1. The molecule has 0 aliphatic rings. The molecule has 1 amide bonds. The number of benzene rings is 3. The van der Waals surface area contributed by atoms with Gasteiger partial charge in [-0.2, -0.15) is 0 Å². The largest absolute Gasteiger partial charge is 0.484 e. The second-order valence-electron chi connectivity index (χ2n) is 7.80. The summed E-state index contributed by atoms with van der Waals surface area (Å²) in [7, 11) is -3.73. The Labute approximate surface area is 199 Å². The predicted octanol–water partition coefficient (Wildman–Crippen LogP) is 5.08. The van der Waals surface area contributed by atoms with E-state index >= 15 is 0 Å². The van der Waals surface area contributed by atoms with Gasteiger partial charge in [-0.3, -0.25) is 9.52 Å². The minimum atomic E-state index is -3.73. The smallest absolute Gasteiger partial charge is 0.261 e. The molecular formula is C25H28N2O4S2. The summed E-state index contributed by atoms with van der Waals surface area (Å²) in [6, 6.07) is 19.4. The fourth-order valence-electron chi connectivity index (χ4n) is 3.37. The van der Waals surface area contributed by atoms with E-state index in [4.69, 9.17) is 4.74 Å². The summed E-state index contributed by atoms with van der Waals surface area (Å²) in [5.41, 5.74) is 3.47. The Morgan fingerprint density at radius 2 is 1.58 bits per heavy atom. The molecule has 1 atom stereocenters. The number of hydrogen-bond acceptors (Lipinski definition) is 5. The van der Waals surface area contributed by atoms with Crippen LogP contribution in [0.5, 0.6) is 5.75 Å². The third-order valence-electron chi connectivity index (χ3n) is 4.97. The highest BCUT2D eigenvalue weighted by Gasteiger charge is 2.15. The number of aryl methyl sites for hydroxylation is 2. The Bertz CT molecular complexity index is 1190. The van der Waals surface area contributed by atoms with Crippen LogP contribution in [0.4, 0.5) is 5.69 Å². The zero-order chi connectivity index (χ0) is 24.0. The summed E-state index contributed by atoms with van der Waals surface area (Å²) in [6.07, 6.45) is 2.01. The number of carbonyl (C=O) groups excluding carboxylic acids is 1. The molecule has 0 saturated carbocycles. The molecule has 0 aliphatic carbocycles. The number of sulfonamides is 1. The predicted molar refractivity (Wildman–Crippen MR) is 133 cm³/mol. The molecule has 0 bridgehead atoms. The molecule has 3 aromatic rings. The van der Waals surface area contributed by atoms with Gasteiger partial charge in [0.15, 0.2) is 6.61 Å². The lowest BCUT2D eigenvalue weighted by molar-refractivity contribution is -0.123. The molecule has 3 rings (SSSR count). The summed E-state index contributed by atoms with van der Waals surface area (Å²) < 4.78 is 33.5. The van der Waals surface area contributed by atoms with Crippen LogP contribution in [0, 0.1) is 13.8 Å². The maximum absolute atomic E-state index is 12.7. The summed E-state index contributed by atoms with van der Waals surface area (Å²) >= 11 is 1.66. The first-order valence-electron chi connectivity index (χ1n) is 10.4. The van der Waals surface area contributed by atoms with Crippen LogP contribution in [0.1, 0.15) is 29.7 Å². The van der Waals surface area contributed by atoms with Crippen LogP contribution in [-0.4, -0.2) is 27.2 Å². The summed E-state index contributed by atoms with van der Waals surface area (Å²) in [6.45, 7) is 5.57. The highest BCUT2D eigenvalue weighted by molar-refractivity contribution is 7.98. The topological polar surface area (TPSA) is 84.5 Å². The monoisotopic (exact) mass is 484 g/mol. The van der Waals surface area contributed by atoms with Crippen molar-refractivity contribution in [3.05, 3.63) is 83.4 Å². The minimum absolute atomic E-state index is 0.112. The molecule has 0 unspecified atom stereocenters. The quantitative estimate of drug-likeness (QED) is 0.414. The number of hydrogen-bond donors (Lipinski definition) is 2. The van der Waals surface area contributed by atoms with Gasteiger partial charge in [0, 0.05) is 10.6 Å². The summed E-state index contributed by atoms with van der Waals surface area (Å²) in [4.78, 5) is 13.5. The SMILES string of the molecule is CSc1ccc([C@@H](C)NC(=O)COc2ccc(S(=O)(=O)Nc3cc(C)cc(C)c3)cc2)cc1. The maximum atomic E-state index is 12.7. The Morgan fingerprint density at radius 3 is 2.15 bits per heavy atom. The van der Waals surface area contributed by atoms with Gasteiger partial charge in [0.25, 0.3) is 15.9 Å². The number of rotatable bonds is 9. The zero-order valence-electron chi connectivity index (χ0n) is 19.1. The third-order valence-corrected chi connectivity index (χ3v) is 7.11. The number of thioether (sulfide) groups is 1. The van der Waals surface area contributed by atoms with E-state index in [2.05, 4.69) is 10.0 Å². The molecule has 3 aromatic carbocycles. The van der Waals surface area contributed by atoms with Crippen molar-refractivity contribution in [3.63, 3.8) is 0 Å². The van der Waals surface area contributed by atoms with Gasteiger partial charge in [-0.25, -0.2) is 8.42 Å². The van der Waals surface area contributed by atoms with E-state index in [1.165, 1.54) is 24.3 Å². The van der Waals surface area contributed by atoms with Crippen molar-refractivity contribution < 1.29 is 17.9 Å². The molecule has 0 heterocycles. The highest BCUT2D eigenvalue weighted by atomic mass is 32.2. The number of amides is 1. The molecule has 0 aliphatic heterocycles. The fraction of sp³-hybridized carbons (Fsp3) is 0.240. The van der Waals surface area contributed by atoms with Crippen LogP contribution in [0.15, 0.2) is 76.5 Å². The number of ether oxygens (including phenoxy) is 1. The number of nitrogens with one attached hydrogen (secondary N) is 2. The van der Waals surface area contributed by atoms with Crippen LogP contribution < -0.4 is 14.8 Å². The first-order chi connectivity index (χ1) is 15.7. The van der Waals surface area contributed by atoms with Crippen LogP contribution in [0.2, 0.25) is 0 Å². The molecule has 174 valence electrons. The van der Waals surface area contributed by atoms with Crippen molar-refractivity contribution in [2.45, 2.75) is 36.6 Å². The Kier molecular flexibility index (Phi) is 8.05. The molecule has 6 nitrogen and oxygen atoms in total. The van der Waals surface area contributed by atoms with E-state index in [1.54, 1.807) is 23.9 Å². The van der Waals surface area contributed by atoms with Gasteiger partial charge in [-0.1, -0.05) is 18.2 Å². The van der Waals surface area contributed by atoms with Crippen molar-refractivity contribution >= 4 is 33.4 Å². The normalized spacial score (nSPS) is 12.1. The molecule has 0 aromatic heterocycles. The lowest BCUT2D eigenvalue weighted by Crippen LogP contribution is -2.31. The third kappa shape index (κ3) is 7.00. The van der Waals surface area contributed by atoms with Crippen LogP contribution in [0.25, 0.3) is 0 Å².